The van der Waals surface area contributed by atoms with E-state index in [0.29, 0.717) is 35.2 Å². The molecular formula is C27H35FN2O2S. The Morgan fingerprint density at radius 3 is 2.36 bits per heavy atom. The van der Waals surface area contributed by atoms with Crippen LogP contribution in [0.5, 0.6) is 0 Å². The normalized spacial score (nSPS) is 25.4. The van der Waals surface area contributed by atoms with Crippen LogP contribution >= 0.6 is 0 Å². The van der Waals surface area contributed by atoms with Crippen LogP contribution in [0.1, 0.15) is 55.6 Å². The van der Waals surface area contributed by atoms with Crippen molar-refractivity contribution in [1.29, 1.82) is 0 Å². The fourth-order valence-corrected chi connectivity index (χ4v) is 6.60. The second kappa shape index (κ2) is 10.9. The van der Waals surface area contributed by atoms with Crippen LogP contribution in [0.2, 0.25) is 0 Å². The van der Waals surface area contributed by atoms with E-state index in [-0.39, 0.29) is 5.82 Å². The van der Waals surface area contributed by atoms with Crippen molar-refractivity contribution in [2.24, 2.45) is 11.8 Å². The van der Waals surface area contributed by atoms with Crippen molar-refractivity contribution in [2.45, 2.75) is 61.8 Å². The Morgan fingerprint density at radius 2 is 1.67 bits per heavy atom. The van der Waals surface area contributed by atoms with E-state index >= 15 is 0 Å². The molecule has 0 radical (unpaired) electrons. The summed E-state index contributed by atoms with van der Waals surface area (Å²) in [6.07, 6.45) is 9.12. The number of sulfonamides is 1. The number of allylic oxidation sites excluding steroid dienone is 1. The summed E-state index contributed by atoms with van der Waals surface area (Å²) in [4.78, 5) is 0.328. The molecule has 2 aliphatic carbocycles. The van der Waals surface area contributed by atoms with Crippen molar-refractivity contribution < 1.29 is 12.8 Å². The number of hydrogen-bond acceptors (Lipinski definition) is 3. The maximum atomic E-state index is 13.7. The fraction of sp³-hybridized carbons (Fsp3) is 0.481. The lowest BCUT2D eigenvalue weighted by molar-refractivity contribution is 0.252. The molecule has 2 aromatic rings. The van der Waals surface area contributed by atoms with Crippen LogP contribution in [-0.4, -0.2) is 27.5 Å². The Kier molecular flexibility index (Phi) is 7.99. The summed E-state index contributed by atoms with van der Waals surface area (Å²) in [6, 6.07) is 14.2. The maximum Gasteiger partial charge on any atom is 0.240 e. The lowest BCUT2D eigenvalue weighted by atomic mass is 9.77. The molecule has 0 heterocycles. The molecule has 2 aromatic carbocycles. The molecule has 0 aromatic heterocycles. The maximum absolute atomic E-state index is 13.7. The zero-order valence-corrected chi connectivity index (χ0v) is 20.0. The Bertz CT molecular complexity index is 1030. The Morgan fingerprint density at radius 1 is 0.970 bits per heavy atom. The smallest absolute Gasteiger partial charge is 0.240 e. The number of hydrogen-bond donors (Lipinski definition) is 2. The Balaban J connectivity index is 1.25. The number of halogens is 1. The van der Waals surface area contributed by atoms with Crippen molar-refractivity contribution in [3.05, 3.63) is 78.1 Å². The van der Waals surface area contributed by atoms with E-state index in [2.05, 4.69) is 16.6 Å². The van der Waals surface area contributed by atoms with E-state index in [0.717, 1.165) is 57.1 Å². The minimum absolute atomic E-state index is 0.152. The monoisotopic (exact) mass is 470 g/mol. The van der Waals surface area contributed by atoms with Gasteiger partial charge in [0.25, 0.3) is 0 Å². The highest BCUT2D eigenvalue weighted by Gasteiger charge is 2.30. The third kappa shape index (κ3) is 6.11. The van der Waals surface area contributed by atoms with Crippen LogP contribution in [-0.2, 0) is 16.4 Å². The first-order valence-corrected chi connectivity index (χ1v) is 13.6. The van der Waals surface area contributed by atoms with Gasteiger partial charge in [-0.1, -0.05) is 30.3 Å². The van der Waals surface area contributed by atoms with Gasteiger partial charge in [0.1, 0.15) is 5.82 Å². The molecule has 4 rings (SSSR count). The molecule has 1 fully saturated rings. The van der Waals surface area contributed by atoms with Gasteiger partial charge < -0.3 is 5.32 Å². The van der Waals surface area contributed by atoms with Crippen LogP contribution in [0.15, 0.2) is 66.1 Å². The van der Waals surface area contributed by atoms with Gasteiger partial charge in [0.2, 0.25) is 10.0 Å². The van der Waals surface area contributed by atoms with E-state index in [1.54, 1.807) is 36.4 Å². The topological polar surface area (TPSA) is 58.2 Å². The summed E-state index contributed by atoms with van der Waals surface area (Å²) in [5.74, 6) is 1.20. The van der Waals surface area contributed by atoms with Crippen LogP contribution in [0.3, 0.4) is 0 Å². The second-order valence-electron chi connectivity index (χ2n) is 9.58. The zero-order valence-electron chi connectivity index (χ0n) is 19.2. The molecule has 6 heteroatoms. The number of fused-ring (bicyclic) bond motifs is 1. The first-order valence-electron chi connectivity index (χ1n) is 12.1. The quantitative estimate of drug-likeness (QED) is 0.497. The Labute approximate surface area is 197 Å². The van der Waals surface area contributed by atoms with Crippen LogP contribution in [0, 0.1) is 17.7 Å². The van der Waals surface area contributed by atoms with Crippen molar-refractivity contribution in [3.8, 4) is 0 Å². The molecule has 0 spiro atoms. The highest BCUT2D eigenvalue weighted by atomic mass is 32.2. The zero-order chi connectivity index (χ0) is 23.3. The van der Waals surface area contributed by atoms with Crippen molar-refractivity contribution >= 4 is 10.0 Å². The predicted octanol–water partition coefficient (Wildman–Crippen LogP) is 5.17. The molecule has 0 bridgehead atoms. The minimum Gasteiger partial charge on any atom is -0.313 e. The van der Waals surface area contributed by atoms with Crippen LogP contribution < -0.4 is 10.0 Å². The van der Waals surface area contributed by atoms with Gasteiger partial charge in [-0.25, -0.2) is 17.5 Å². The van der Waals surface area contributed by atoms with Crippen LogP contribution in [0.4, 0.5) is 4.39 Å². The van der Waals surface area contributed by atoms with Crippen LogP contribution in [0.25, 0.3) is 0 Å². The molecule has 0 unspecified atom stereocenters. The number of benzene rings is 2. The molecule has 4 nitrogen and oxygen atoms in total. The number of aryl methyl sites for hydroxylation is 1. The highest BCUT2D eigenvalue weighted by molar-refractivity contribution is 7.89. The summed E-state index contributed by atoms with van der Waals surface area (Å²) >= 11 is 0. The van der Waals surface area contributed by atoms with E-state index in [1.807, 2.05) is 18.2 Å². The summed E-state index contributed by atoms with van der Waals surface area (Å²) < 4.78 is 41.4. The van der Waals surface area contributed by atoms with Gasteiger partial charge in [-0.05, 0) is 98.7 Å². The standard InChI is InChI=1S/C27H35FN2O2S/c1-2-6-26-25-15-14-23(28)17-22(25)13-16-27(26)29-18-20-9-11-21(12-10-20)19-30-33(31,32)24-7-4-3-5-8-24/h2-5,7-8,14-15,17,20-21,26-27,29-30H,1,6,9-13,16,18-19H2/t20?,21?,26-,27+/m0/s1. The van der Waals surface area contributed by atoms with E-state index in [9.17, 15) is 12.8 Å². The minimum atomic E-state index is -3.43. The number of rotatable bonds is 9. The number of nitrogens with one attached hydrogen (secondary N) is 2. The van der Waals surface area contributed by atoms with Crippen molar-refractivity contribution in [3.63, 3.8) is 0 Å². The predicted molar refractivity (Wildman–Crippen MR) is 131 cm³/mol. The summed E-state index contributed by atoms with van der Waals surface area (Å²) in [5.41, 5.74) is 2.40. The fourth-order valence-electron chi connectivity index (χ4n) is 5.46. The van der Waals surface area contributed by atoms with E-state index in [1.165, 1.54) is 5.56 Å². The van der Waals surface area contributed by atoms with Crippen molar-refractivity contribution in [2.75, 3.05) is 13.1 Å². The van der Waals surface area contributed by atoms with Gasteiger partial charge >= 0.3 is 0 Å². The molecule has 2 N–H and O–H groups in total. The molecule has 0 aliphatic heterocycles. The summed E-state index contributed by atoms with van der Waals surface area (Å²) in [6.45, 7) is 5.43. The average Bonchev–Trinajstić information content (AvgIpc) is 2.83. The molecule has 2 aliphatic rings. The highest BCUT2D eigenvalue weighted by Crippen LogP contribution is 2.36. The second-order valence-corrected chi connectivity index (χ2v) is 11.3. The third-order valence-electron chi connectivity index (χ3n) is 7.39. The molecule has 178 valence electrons. The molecule has 1 saturated carbocycles. The molecule has 0 amide bonds. The van der Waals surface area contributed by atoms with E-state index in [4.69, 9.17) is 0 Å². The lowest BCUT2D eigenvalue weighted by Gasteiger charge is -2.36. The summed E-state index contributed by atoms with van der Waals surface area (Å²) in [5, 5.41) is 3.82. The molecule has 0 saturated heterocycles. The first-order chi connectivity index (χ1) is 16.0. The van der Waals surface area contributed by atoms with Gasteiger partial charge in [0.15, 0.2) is 0 Å². The summed E-state index contributed by atoms with van der Waals surface area (Å²) in [7, 11) is -3.43. The molecule has 33 heavy (non-hydrogen) atoms. The first kappa shape index (κ1) is 24.1. The Hall–Kier alpha value is -2.02. The molecule has 2 atom stereocenters. The SMILES string of the molecule is C=CC[C@H]1c2ccc(F)cc2CC[C@H]1NCC1CCC(CNS(=O)(=O)c2ccccc2)CC1. The molecular weight excluding hydrogens is 435 g/mol. The average molecular weight is 471 g/mol. The van der Waals surface area contributed by atoms with Gasteiger partial charge in [0.05, 0.1) is 4.90 Å². The van der Waals surface area contributed by atoms with Gasteiger partial charge in [0, 0.05) is 18.5 Å². The van der Waals surface area contributed by atoms with Gasteiger partial charge in [-0.3, -0.25) is 0 Å². The lowest BCUT2D eigenvalue weighted by Crippen LogP contribution is -2.41. The van der Waals surface area contributed by atoms with E-state index < -0.39 is 10.0 Å². The largest absolute Gasteiger partial charge is 0.313 e. The van der Waals surface area contributed by atoms with Gasteiger partial charge in [-0.2, -0.15) is 0 Å². The van der Waals surface area contributed by atoms with Gasteiger partial charge in [-0.15, -0.1) is 6.58 Å². The third-order valence-corrected chi connectivity index (χ3v) is 8.83. The van der Waals surface area contributed by atoms with Crippen molar-refractivity contribution in [1.82, 2.24) is 10.0 Å².